The number of hydrogen-bond acceptors (Lipinski definition) is 5. The van der Waals surface area contributed by atoms with E-state index in [1.54, 1.807) is 0 Å². The van der Waals surface area contributed by atoms with Crippen LogP contribution in [0.25, 0.3) is 0 Å². The van der Waals surface area contributed by atoms with E-state index in [0.29, 0.717) is 6.29 Å². The third-order valence-corrected chi connectivity index (χ3v) is 1.90. The fraction of sp³-hybridized carbons (Fsp3) is 0.182. The molecule has 17 heavy (non-hydrogen) atoms. The first-order valence-corrected chi connectivity index (χ1v) is 4.60. The minimum Gasteiger partial charge on any atom is -0.482 e. The van der Waals surface area contributed by atoms with E-state index in [4.69, 9.17) is 9.84 Å². The Hall–Kier alpha value is -2.37. The zero-order valence-electron chi connectivity index (χ0n) is 9.00. The van der Waals surface area contributed by atoms with Crippen LogP contribution in [0.4, 0.5) is 0 Å². The van der Waals surface area contributed by atoms with Crippen LogP contribution in [-0.4, -0.2) is 37.0 Å². The van der Waals surface area contributed by atoms with E-state index in [9.17, 15) is 14.4 Å². The molecule has 0 amide bonds. The first-order chi connectivity index (χ1) is 8.06. The van der Waals surface area contributed by atoms with Gasteiger partial charge in [0, 0.05) is 5.56 Å². The summed E-state index contributed by atoms with van der Waals surface area (Å²) >= 11 is 0. The molecule has 0 aliphatic rings. The largest absolute Gasteiger partial charge is 0.482 e. The second-order valence-electron chi connectivity index (χ2n) is 3.08. The van der Waals surface area contributed by atoms with Gasteiger partial charge >= 0.3 is 11.9 Å². The van der Waals surface area contributed by atoms with Gasteiger partial charge in [-0.25, -0.2) is 9.59 Å². The van der Waals surface area contributed by atoms with Gasteiger partial charge < -0.3 is 14.6 Å². The molecule has 6 heteroatoms. The first kappa shape index (κ1) is 12.7. The molecule has 1 aromatic carbocycles. The molecular formula is C11H10O6. The molecule has 0 spiro atoms. The van der Waals surface area contributed by atoms with E-state index in [2.05, 4.69) is 4.74 Å². The van der Waals surface area contributed by atoms with Crippen LogP contribution in [-0.2, 0) is 9.53 Å². The van der Waals surface area contributed by atoms with Crippen LogP contribution >= 0.6 is 0 Å². The molecule has 0 aliphatic heterocycles. The lowest BCUT2D eigenvalue weighted by atomic mass is 10.1. The highest BCUT2D eigenvalue weighted by atomic mass is 16.6. The number of ether oxygens (including phenoxy) is 2. The van der Waals surface area contributed by atoms with E-state index in [-0.39, 0.29) is 23.5 Å². The Labute approximate surface area is 96.8 Å². The van der Waals surface area contributed by atoms with Crippen LogP contribution < -0.4 is 4.74 Å². The molecule has 0 aromatic heterocycles. The summed E-state index contributed by atoms with van der Waals surface area (Å²) in [5.41, 5.74) is 0.0687. The Balaban J connectivity index is 2.91. The van der Waals surface area contributed by atoms with E-state index >= 15 is 0 Å². The molecule has 0 radical (unpaired) electrons. The van der Waals surface area contributed by atoms with Gasteiger partial charge in [0.2, 0.25) is 0 Å². The Kier molecular flexibility index (Phi) is 4.21. The number of benzene rings is 1. The van der Waals surface area contributed by atoms with Crippen molar-refractivity contribution in [1.82, 2.24) is 0 Å². The van der Waals surface area contributed by atoms with Gasteiger partial charge in [-0.05, 0) is 18.2 Å². The highest BCUT2D eigenvalue weighted by Crippen LogP contribution is 2.16. The molecule has 0 unspecified atom stereocenters. The molecule has 0 aliphatic carbocycles. The minimum atomic E-state index is -1.18. The van der Waals surface area contributed by atoms with Gasteiger partial charge in [0.15, 0.2) is 6.61 Å². The van der Waals surface area contributed by atoms with Gasteiger partial charge in [0.1, 0.15) is 12.0 Å². The number of aldehydes is 1. The standard InChI is InChI=1S/C11H10O6/c1-16-10(13)6-17-9-3-7(5-12)2-8(4-9)11(14)15/h2-5H,6H2,1H3,(H,14,15). The fourth-order valence-corrected chi connectivity index (χ4v) is 1.10. The van der Waals surface area contributed by atoms with Crippen molar-refractivity contribution in [3.63, 3.8) is 0 Å². The number of esters is 1. The van der Waals surface area contributed by atoms with Crippen LogP contribution in [0.15, 0.2) is 18.2 Å². The Morgan fingerprint density at radius 2 is 2.06 bits per heavy atom. The number of carbonyl (C=O) groups excluding carboxylic acids is 2. The molecule has 0 fully saturated rings. The SMILES string of the molecule is COC(=O)COc1cc(C=O)cc(C(=O)O)c1. The summed E-state index contributed by atoms with van der Waals surface area (Å²) in [4.78, 5) is 32.2. The van der Waals surface area contributed by atoms with Crippen molar-refractivity contribution >= 4 is 18.2 Å². The number of aromatic carboxylic acids is 1. The van der Waals surface area contributed by atoms with Crippen molar-refractivity contribution in [1.29, 1.82) is 0 Å². The highest BCUT2D eigenvalue weighted by Gasteiger charge is 2.09. The molecule has 0 saturated heterocycles. The second kappa shape index (κ2) is 5.64. The molecule has 1 rings (SSSR count). The van der Waals surface area contributed by atoms with Crippen molar-refractivity contribution < 1.29 is 29.0 Å². The molecular weight excluding hydrogens is 228 g/mol. The number of carboxylic acid groups (broad SMARTS) is 1. The Morgan fingerprint density at radius 1 is 1.35 bits per heavy atom. The summed E-state index contributed by atoms with van der Waals surface area (Å²) in [6.45, 7) is -0.349. The lowest BCUT2D eigenvalue weighted by Crippen LogP contribution is -2.13. The quantitative estimate of drug-likeness (QED) is 0.601. The van der Waals surface area contributed by atoms with E-state index in [0.717, 1.165) is 0 Å². The molecule has 6 nitrogen and oxygen atoms in total. The van der Waals surface area contributed by atoms with Crippen molar-refractivity contribution in [3.05, 3.63) is 29.3 Å². The normalized spacial score (nSPS) is 9.47. The van der Waals surface area contributed by atoms with Crippen molar-refractivity contribution in [3.8, 4) is 5.75 Å². The average molecular weight is 238 g/mol. The molecule has 0 atom stereocenters. The summed E-state index contributed by atoms with van der Waals surface area (Å²) in [6.07, 6.45) is 0.497. The number of rotatable bonds is 5. The molecule has 0 saturated carbocycles. The van der Waals surface area contributed by atoms with Gasteiger partial charge in [-0.2, -0.15) is 0 Å². The van der Waals surface area contributed by atoms with Gasteiger partial charge in [0.25, 0.3) is 0 Å². The van der Waals surface area contributed by atoms with Gasteiger partial charge in [-0.15, -0.1) is 0 Å². The average Bonchev–Trinajstić information content (AvgIpc) is 2.35. The number of methoxy groups -OCH3 is 1. The molecule has 90 valence electrons. The summed E-state index contributed by atoms with van der Waals surface area (Å²) in [5.74, 6) is -1.66. The van der Waals surface area contributed by atoms with Gasteiger partial charge in [-0.1, -0.05) is 0 Å². The maximum atomic E-state index is 10.8. The predicted octanol–water partition coefficient (Wildman–Crippen LogP) is 0.749. The second-order valence-corrected chi connectivity index (χ2v) is 3.08. The predicted molar refractivity (Wildman–Crippen MR) is 56.3 cm³/mol. The molecule has 0 bridgehead atoms. The zero-order chi connectivity index (χ0) is 12.8. The maximum absolute atomic E-state index is 10.8. The minimum absolute atomic E-state index is 0.0885. The highest BCUT2D eigenvalue weighted by molar-refractivity contribution is 5.91. The number of hydrogen-bond donors (Lipinski definition) is 1. The molecule has 1 N–H and O–H groups in total. The topological polar surface area (TPSA) is 89.9 Å². The lowest BCUT2D eigenvalue weighted by molar-refractivity contribution is -0.142. The van der Waals surface area contributed by atoms with Crippen LogP contribution in [0.1, 0.15) is 20.7 Å². The third-order valence-electron chi connectivity index (χ3n) is 1.90. The summed E-state index contributed by atoms with van der Waals surface area (Å²) in [6, 6.07) is 3.76. The maximum Gasteiger partial charge on any atom is 0.343 e. The van der Waals surface area contributed by atoms with Crippen LogP contribution in [0.3, 0.4) is 0 Å². The summed E-state index contributed by atoms with van der Waals surface area (Å²) in [5, 5.41) is 8.79. The monoisotopic (exact) mass is 238 g/mol. The third kappa shape index (κ3) is 3.60. The van der Waals surface area contributed by atoms with E-state index in [1.165, 1.54) is 25.3 Å². The lowest BCUT2D eigenvalue weighted by Gasteiger charge is -2.06. The first-order valence-electron chi connectivity index (χ1n) is 4.60. The number of carbonyl (C=O) groups is 3. The van der Waals surface area contributed by atoms with Crippen molar-refractivity contribution in [2.24, 2.45) is 0 Å². The smallest absolute Gasteiger partial charge is 0.343 e. The Morgan fingerprint density at radius 3 is 2.59 bits per heavy atom. The van der Waals surface area contributed by atoms with Gasteiger partial charge in [0.05, 0.1) is 12.7 Å². The van der Waals surface area contributed by atoms with E-state index in [1.807, 2.05) is 0 Å². The number of carboxylic acids is 1. The van der Waals surface area contributed by atoms with E-state index < -0.39 is 11.9 Å². The summed E-state index contributed by atoms with van der Waals surface area (Å²) < 4.78 is 9.35. The van der Waals surface area contributed by atoms with Crippen molar-refractivity contribution in [2.75, 3.05) is 13.7 Å². The van der Waals surface area contributed by atoms with Crippen LogP contribution in [0.5, 0.6) is 5.75 Å². The molecule has 1 aromatic rings. The zero-order valence-corrected chi connectivity index (χ0v) is 9.00. The Bertz CT molecular complexity index is 451. The van der Waals surface area contributed by atoms with Crippen LogP contribution in [0.2, 0.25) is 0 Å². The summed E-state index contributed by atoms with van der Waals surface area (Å²) in [7, 11) is 1.20. The van der Waals surface area contributed by atoms with Crippen molar-refractivity contribution in [2.45, 2.75) is 0 Å². The van der Waals surface area contributed by atoms with Crippen LogP contribution in [0, 0.1) is 0 Å². The van der Waals surface area contributed by atoms with Gasteiger partial charge in [-0.3, -0.25) is 4.79 Å². The molecule has 0 heterocycles. The fourth-order valence-electron chi connectivity index (χ4n) is 1.10.